The van der Waals surface area contributed by atoms with Crippen LogP contribution in [0.3, 0.4) is 0 Å². The van der Waals surface area contributed by atoms with E-state index in [4.69, 9.17) is 4.74 Å². The number of halogens is 1. The first-order valence-electron chi connectivity index (χ1n) is 9.61. The van der Waals surface area contributed by atoms with E-state index < -0.39 is 10.0 Å². The van der Waals surface area contributed by atoms with Gasteiger partial charge in [-0.15, -0.1) is 0 Å². The molecule has 156 valence electrons. The molecular weight excluding hydrogens is 456 g/mol. The third kappa shape index (κ3) is 5.18. The number of nitrogens with one attached hydrogen (secondary N) is 1. The number of nitrogens with zero attached hydrogens (tertiary/aromatic N) is 1. The molecule has 8 heteroatoms. The van der Waals surface area contributed by atoms with Crippen molar-refractivity contribution in [3.8, 4) is 5.75 Å². The van der Waals surface area contributed by atoms with Crippen molar-refractivity contribution in [3.63, 3.8) is 0 Å². The Labute approximate surface area is 180 Å². The van der Waals surface area contributed by atoms with E-state index in [1.54, 1.807) is 18.2 Å². The van der Waals surface area contributed by atoms with Gasteiger partial charge in [0.25, 0.3) is 0 Å². The van der Waals surface area contributed by atoms with E-state index in [0.717, 1.165) is 10.0 Å². The van der Waals surface area contributed by atoms with Crippen molar-refractivity contribution in [1.82, 2.24) is 4.31 Å². The molecular formula is C21H25BrN2O4S. The Hall–Kier alpha value is -1.90. The summed E-state index contributed by atoms with van der Waals surface area (Å²) < 4.78 is 34.0. The summed E-state index contributed by atoms with van der Waals surface area (Å²) in [5.74, 6) is 0.128. The quantitative estimate of drug-likeness (QED) is 0.671. The number of carbonyl (C=O) groups is 1. The van der Waals surface area contributed by atoms with E-state index in [1.807, 2.05) is 38.1 Å². The van der Waals surface area contributed by atoms with E-state index >= 15 is 0 Å². The van der Waals surface area contributed by atoms with Gasteiger partial charge in [0.2, 0.25) is 15.9 Å². The molecule has 0 unspecified atom stereocenters. The summed E-state index contributed by atoms with van der Waals surface area (Å²) in [6.07, 6.45) is 1.31. The fourth-order valence-corrected chi connectivity index (χ4v) is 5.44. The molecule has 0 bridgehead atoms. The molecule has 0 radical (unpaired) electrons. The summed E-state index contributed by atoms with van der Waals surface area (Å²) in [6.45, 7) is 4.82. The summed E-state index contributed by atoms with van der Waals surface area (Å²) in [4.78, 5) is 12.9. The van der Waals surface area contributed by atoms with Gasteiger partial charge >= 0.3 is 0 Å². The zero-order chi connectivity index (χ0) is 21.0. The Kier molecular flexibility index (Phi) is 6.97. The van der Waals surface area contributed by atoms with Crippen LogP contribution in [-0.4, -0.2) is 38.3 Å². The molecule has 3 rings (SSSR count). The average molecular weight is 481 g/mol. The third-order valence-electron chi connectivity index (χ3n) is 4.93. The van der Waals surface area contributed by atoms with Crippen molar-refractivity contribution in [3.05, 3.63) is 52.5 Å². The molecule has 1 aliphatic rings. The zero-order valence-corrected chi connectivity index (χ0v) is 18.9. The smallest absolute Gasteiger partial charge is 0.243 e. The van der Waals surface area contributed by atoms with Gasteiger partial charge in [-0.1, -0.05) is 22.0 Å². The summed E-state index contributed by atoms with van der Waals surface area (Å²) >= 11 is 3.38. The van der Waals surface area contributed by atoms with Gasteiger partial charge in [-0.3, -0.25) is 4.79 Å². The Balaban J connectivity index is 1.73. The van der Waals surface area contributed by atoms with Crippen molar-refractivity contribution in [2.45, 2.75) is 31.6 Å². The third-order valence-corrected chi connectivity index (χ3v) is 7.29. The second-order valence-electron chi connectivity index (χ2n) is 7.06. The molecule has 29 heavy (non-hydrogen) atoms. The molecule has 0 aromatic heterocycles. The van der Waals surface area contributed by atoms with E-state index in [2.05, 4.69) is 21.2 Å². The number of hydrogen-bond donors (Lipinski definition) is 1. The molecule has 2 aromatic rings. The summed E-state index contributed by atoms with van der Waals surface area (Å²) in [6, 6.07) is 12.2. The van der Waals surface area contributed by atoms with Crippen molar-refractivity contribution in [2.24, 2.45) is 5.92 Å². The van der Waals surface area contributed by atoms with Crippen LogP contribution in [0.4, 0.5) is 5.69 Å². The lowest BCUT2D eigenvalue weighted by Crippen LogP contribution is -2.43. The van der Waals surface area contributed by atoms with Gasteiger partial charge in [-0.25, -0.2) is 8.42 Å². The highest BCUT2D eigenvalue weighted by Gasteiger charge is 2.33. The van der Waals surface area contributed by atoms with Crippen molar-refractivity contribution >= 4 is 37.5 Å². The molecule has 1 saturated heterocycles. The normalized spacial score (nSPS) is 17.7. The van der Waals surface area contributed by atoms with Crippen LogP contribution in [0.2, 0.25) is 0 Å². The van der Waals surface area contributed by atoms with Crippen LogP contribution >= 0.6 is 15.9 Å². The van der Waals surface area contributed by atoms with Crippen LogP contribution in [-0.2, 0) is 14.8 Å². The number of rotatable bonds is 6. The van der Waals surface area contributed by atoms with Gasteiger partial charge in [-0.05, 0) is 68.7 Å². The van der Waals surface area contributed by atoms with E-state index in [9.17, 15) is 13.2 Å². The Morgan fingerprint density at radius 3 is 2.76 bits per heavy atom. The topological polar surface area (TPSA) is 75.7 Å². The van der Waals surface area contributed by atoms with Gasteiger partial charge in [0.1, 0.15) is 5.75 Å². The van der Waals surface area contributed by atoms with Gasteiger partial charge < -0.3 is 10.1 Å². The van der Waals surface area contributed by atoms with E-state index in [-0.39, 0.29) is 23.3 Å². The monoisotopic (exact) mass is 480 g/mol. The molecule has 1 atom stereocenters. The van der Waals surface area contributed by atoms with Crippen LogP contribution in [0.25, 0.3) is 0 Å². The second-order valence-corrected chi connectivity index (χ2v) is 9.92. The predicted octanol–water partition coefficient (Wildman–Crippen LogP) is 4.20. The van der Waals surface area contributed by atoms with Crippen molar-refractivity contribution in [1.29, 1.82) is 0 Å². The SMILES string of the molecule is CCOc1ccc(S(=O)(=O)N2CCC[C@@H](C(=O)Nc3cccc(Br)c3)C2)cc1C. The molecule has 1 heterocycles. The Bertz CT molecular complexity index is 994. The number of aryl methyl sites for hydroxylation is 1. The lowest BCUT2D eigenvalue weighted by Gasteiger charge is -2.31. The van der Waals surface area contributed by atoms with E-state index in [0.29, 0.717) is 37.4 Å². The van der Waals surface area contributed by atoms with Crippen LogP contribution < -0.4 is 10.1 Å². The molecule has 6 nitrogen and oxygen atoms in total. The summed E-state index contributed by atoms with van der Waals surface area (Å²) in [7, 11) is -3.67. The maximum atomic E-state index is 13.1. The lowest BCUT2D eigenvalue weighted by molar-refractivity contribution is -0.120. The fourth-order valence-electron chi connectivity index (χ4n) is 3.43. The van der Waals surface area contributed by atoms with E-state index in [1.165, 1.54) is 4.31 Å². The Morgan fingerprint density at radius 2 is 2.07 bits per heavy atom. The summed E-state index contributed by atoms with van der Waals surface area (Å²) in [5.41, 5.74) is 1.46. The van der Waals surface area contributed by atoms with Gasteiger partial charge in [0.15, 0.2) is 0 Å². The minimum absolute atomic E-state index is 0.161. The zero-order valence-electron chi connectivity index (χ0n) is 16.5. The number of benzene rings is 2. The first-order valence-corrected chi connectivity index (χ1v) is 11.8. The maximum Gasteiger partial charge on any atom is 0.243 e. The summed E-state index contributed by atoms with van der Waals surface area (Å²) in [5, 5.41) is 2.89. The molecule has 0 spiro atoms. The number of carbonyl (C=O) groups excluding carboxylic acids is 1. The van der Waals surface area contributed by atoms with Gasteiger partial charge in [0, 0.05) is 23.2 Å². The highest BCUT2D eigenvalue weighted by molar-refractivity contribution is 9.10. The van der Waals surface area contributed by atoms with Crippen LogP contribution in [0, 0.1) is 12.8 Å². The number of sulfonamides is 1. The second kappa shape index (κ2) is 9.28. The molecule has 1 amide bonds. The Morgan fingerprint density at radius 1 is 1.28 bits per heavy atom. The lowest BCUT2D eigenvalue weighted by atomic mass is 9.99. The van der Waals surface area contributed by atoms with Crippen molar-refractivity contribution in [2.75, 3.05) is 25.0 Å². The number of piperidine rings is 1. The van der Waals surface area contributed by atoms with Gasteiger partial charge in [-0.2, -0.15) is 4.31 Å². The minimum atomic E-state index is -3.67. The standard InChI is InChI=1S/C21H25BrN2O4S/c1-3-28-20-10-9-19(12-15(20)2)29(26,27)24-11-5-6-16(14-24)21(25)23-18-8-4-7-17(22)13-18/h4,7-10,12-13,16H,3,5-6,11,14H2,1-2H3,(H,23,25)/t16-/m1/s1. The highest BCUT2D eigenvalue weighted by Crippen LogP contribution is 2.28. The molecule has 1 fully saturated rings. The average Bonchev–Trinajstić information content (AvgIpc) is 2.69. The van der Waals surface area contributed by atoms with Crippen LogP contribution in [0.15, 0.2) is 51.8 Å². The maximum absolute atomic E-state index is 13.1. The molecule has 1 N–H and O–H groups in total. The number of ether oxygens (including phenoxy) is 1. The van der Waals surface area contributed by atoms with Crippen LogP contribution in [0.5, 0.6) is 5.75 Å². The largest absolute Gasteiger partial charge is 0.494 e. The number of amides is 1. The fraction of sp³-hybridized carbons (Fsp3) is 0.381. The minimum Gasteiger partial charge on any atom is -0.494 e. The number of anilines is 1. The number of hydrogen-bond acceptors (Lipinski definition) is 4. The first kappa shape index (κ1) is 21.8. The molecule has 1 aliphatic heterocycles. The molecule has 0 saturated carbocycles. The van der Waals surface area contributed by atoms with Crippen LogP contribution in [0.1, 0.15) is 25.3 Å². The highest BCUT2D eigenvalue weighted by atomic mass is 79.9. The molecule has 2 aromatic carbocycles. The van der Waals surface area contributed by atoms with Crippen molar-refractivity contribution < 1.29 is 17.9 Å². The predicted molar refractivity (Wildman–Crippen MR) is 117 cm³/mol. The van der Waals surface area contributed by atoms with Gasteiger partial charge in [0.05, 0.1) is 17.4 Å². The first-order chi connectivity index (χ1) is 13.8. The molecule has 0 aliphatic carbocycles.